The van der Waals surface area contributed by atoms with Gasteiger partial charge in [-0.3, -0.25) is 9.78 Å². The average Bonchev–Trinajstić information content (AvgIpc) is 2.03. The van der Waals surface area contributed by atoms with Gasteiger partial charge in [-0.25, -0.2) is 0 Å². The van der Waals surface area contributed by atoms with E-state index in [4.69, 9.17) is 0 Å². The Morgan fingerprint density at radius 1 is 1.62 bits per heavy atom. The second-order valence-corrected chi connectivity index (χ2v) is 4.30. The molecule has 3 heteroatoms. The molecule has 2 nitrogen and oxygen atoms in total. The van der Waals surface area contributed by atoms with Gasteiger partial charge in [-0.2, -0.15) is 0 Å². The average molecular weight is 242 g/mol. The van der Waals surface area contributed by atoms with Crippen LogP contribution in [0.4, 0.5) is 0 Å². The number of nitrogens with zero attached hydrogens (tertiary/aromatic N) is 1. The first-order valence-electron chi connectivity index (χ1n) is 4.24. The van der Waals surface area contributed by atoms with Gasteiger partial charge in [-0.15, -0.1) is 0 Å². The molecule has 0 fully saturated rings. The highest BCUT2D eigenvalue weighted by atomic mass is 79.9. The van der Waals surface area contributed by atoms with Gasteiger partial charge in [0.2, 0.25) is 0 Å². The van der Waals surface area contributed by atoms with E-state index >= 15 is 0 Å². The summed E-state index contributed by atoms with van der Waals surface area (Å²) in [6, 6.07) is 3.57. The fraction of sp³-hybridized carbons (Fsp3) is 0.400. The van der Waals surface area contributed by atoms with Crippen molar-refractivity contribution in [2.45, 2.75) is 20.3 Å². The molecule has 0 atom stereocenters. The minimum absolute atomic E-state index is 0.108. The van der Waals surface area contributed by atoms with E-state index in [0.717, 1.165) is 4.47 Å². The van der Waals surface area contributed by atoms with Gasteiger partial charge in [-0.1, -0.05) is 29.8 Å². The van der Waals surface area contributed by atoms with Crippen molar-refractivity contribution in [3.63, 3.8) is 0 Å². The molecule has 0 radical (unpaired) electrons. The molecule has 0 spiro atoms. The standard InChI is InChI=1S/C10H12BrNO/c1-7(2)5-10(13)9-6-8(11)3-4-12-9/h3-4,6-7H,5H2,1-2H3. The van der Waals surface area contributed by atoms with E-state index in [1.807, 2.05) is 19.9 Å². The molecule has 1 heterocycles. The predicted molar refractivity (Wildman–Crippen MR) is 55.7 cm³/mol. The summed E-state index contributed by atoms with van der Waals surface area (Å²) in [6.45, 7) is 4.05. The zero-order valence-electron chi connectivity index (χ0n) is 7.75. The molecular formula is C10H12BrNO. The van der Waals surface area contributed by atoms with Crippen LogP contribution in [0.1, 0.15) is 30.8 Å². The molecule has 0 N–H and O–H groups in total. The first kappa shape index (κ1) is 10.4. The van der Waals surface area contributed by atoms with E-state index in [0.29, 0.717) is 18.0 Å². The number of hydrogen-bond donors (Lipinski definition) is 0. The maximum Gasteiger partial charge on any atom is 0.181 e. The molecular weight excluding hydrogens is 230 g/mol. The minimum Gasteiger partial charge on any atom is -0.292 e. The Kier molecular flexibility index (Phi) is 3.60. The molecule has 0 unspecified atom stereocenters. The molecule has 1 aromatic rings. The van der Waals surface area contributed by atoms with Crippen LogP contribution in [0.25, 0.3) is 0 Å². The monoisotopic (exact) mass is 241 g/mol. The lowest BCUT2D eigenvalue weighted by atomic mass is 10.1. The molecule has 0 aliphatic heterocycles. The first-order chi connectivity index (χ1) is 6.09. The van der Waals surface area contributed by atoms with E-state index in [1.54, 1.807) is 12.3 Å². The molecule has 0 amide bonds. The number of carbonyl (C=O) groups excluding carboxylic acids is 1. The maximum absolute atomic E-state index is 11.5. The fourth-order valence-corrected chi connectivity index (χ4v) is 1.37. The highest BCUT2D eigenvalue weighted by molar-refractivity contribution is 9.10. The van der Waals surface area contributed by atoms with Crippen molar-refractivity contribution in [1.82, 2.24) is 4.98 Å². The normalized spacial score (nSPS) is 10.5. The van der Waals surface area contributed by atoms with Gasteiger partial charge in [0, 0.05) is 17.1 Å². The van der Waals surface area contributed by atoms with Crippen molar-refractivity contribution in [1.29, 1.82) is 0 Å². The molecule has 0 aliphatic carbocycles. The van der Waals surface area contributed by atoms with Gasteiger partial charge >= 0.3 is 0 Å². The van der Waals surface area contributed by atoms with Crippen LogP contribution in [-0.4, -0.2) is 10.8 Å². The first-order valence-corrected chi connectivity index (χ1v) is 5.03. The number of halogens is 1. The quantitative estimate of drug-likeness (QED) is 0.762. The van der Waals surface area contributed by atoms with Crippen LogP contribution >= 0.6 is 15.9 Å². The Labute approximate surface area is 86.5 Å². The molecule has 1 aromatic heterocycles. The summed E-state index contributed by atoms with van der Waals surface area (Å²) in [5, 5.41) is 0. The van der Waals surface area contributed by atoms with Gasteiger partial charge in [-0.05, 0) is 18.1 Å². The summed E-state index contributed by atoms with van der Waals surface area (Å²) in [6.07, 6.45) is 2.20. The van der Waals surface area contributed by atoms with Gasteiger partial charge < -0.3 is 0 Å². The Bertz CT molecular complexity index is 310. The van der Waals surface area contributed by atoms with Crippen LogP contribution in [0, 0.1) is 5.92 Å². The summed E-state index contributed by atoms with van der Waals surface area (Å²) >= 11 is 3.30. The van der Waals surface area contributed by atoms with Crippen LogP contribution < -0.4 is 0 Å². The highest BCUT2D eigenvalue weighted by Crippen LogP contribution is 2.12. The third kappa shape index (κ3) is 3.27. The molecule has 13 heavy (non-hydrogen) atoms. The molecule has 70 valence electrons. The Balaban J connectivity index is 2.77. The Hall–Kier alpha value is -0.700. The van der Waals surface area contributed by atoms with E-state index in [-0.39, 0.29) is 5.78 Å². The number of Topliss-reactive ketones (excluding diaryl/α,β-unsaturated/α-hetero) is 1. The second kappa shape index (κ2) is 4.51. The molecule has 0 aromatic carbocycles. The second-order valence-electron chi connectivity index (χ2n) is 3.38. The summed E-state index contributed by atoms with van der Waals surface area (Å²) in [7, 11) is 0. The van der Waals surface area contributed by atoms with Crippen LogP contribution in [0.2, 0.25) is 0 Å². The lowest BCUT2D eigenvalue weighted by Gasteiger charge is -2.02. The van der Waals surface area contributed by atoms with Gasteiger partial charge in [0.05, 0.1) is 0 Å². The number of pyridine rings is 1. The Morgan fingerprint density at radius 3 is 2.85 bits per heavy atom. The van der Waals surface area contributed by atoms with Gasteiger partial charge in [0.15, 0.2) is 5.78 Å². The lowest BCUT2D eigenvalue weighted by Crippen LogP contribution is -2.05. The van der Waals surface area contributed by atoms with Crippen molar-refractivity contribution < 1.29 is 4.79 Å². The van der Waals surface area contributed by atoms with E-state index in [1.165, 1.54) is 0 Å². The van der Waals surface area contributed by atoms with Crippen LogP contribution in [-0.2, 0) is 0 Å². The van der Waals surface area contributed by atoms with Crippen molar-refractivity contribution in [3.05, 3.63) is 28.5 Å². The van der Waals surface area contributed by atoms with Crippen LogP contribution in [0.5, 0.6) is 0 Å². The molecule has 0 bridgehead atoms. The lowest BCUT2D eigenvalue weighted by molar-refractivity contribution is 0.0963. The van der Waals surface area contributed by atoms with Crippen molar-refractivity contribution in [2.75, 3.05) is 0 Å². The van der Waals surface area contributed by atoms with Gasteiger partial charge in [0.1, 0.15) is 5.69 Å². The van der Waals surface area contributed by atoms with E-state index in [2.05, 4.69) is 20.9 Å². The summed E-state index contributed by atoms with van der Waals surface area (Å²) in [5.41, 5.74) is 0.545. The molecule has 1 rings (SSSR count). The van der Waals surface area contributed by atoms with Gasteiger partial charge in [0.25, 0.3) is 0 Å². The predicted octanol–water partition coefficient (Wildman–Crippen LogP) is 3.07. The zero-order valence-corrected chi connectivity index (χ0v) is 9.34. The summed E-state index contributed by atoms with van der Waals surface area (Å²) in [4.78, 5) is 15.5. The number of carbonyl (C=O) groups is 1. The molecule has 0 saturated heterocycles. The maximum atomic E-state index is 11.5. The van der Waals surface area contributed by atoms with E-state index < -0.39 is 0 Å². The molecule has 0 saturated carbocycles. The van der Waals surface area contributed by atoms with Crippen molar-refractivity contribution in [2.24, 2.45) is 5.92 Å². The summed E-state index contributed by atoms with van der Waals surface area (Å²) < 4.78 is 0.898. The number of rotatable bonds is 3. The minimum atomic E-state index is 0.108. The number of aromatic nitrogens is 1. The SMILES string of the molecule is CC(C)CC(=O)c1cc(Br)ccn1. The zero-order chi connectivity index (χ0) is 9.84. The Morgan fingerprint density at radius 2 is 2.31 bits per heavy atom. The highest BCUT2D eigenvalue weighted by Gasteiger charge is 2.09. The third-order valence-corrected chi connectivity index (χ3v) is 2.09. The van der Waals surface area contributed by atoms with Crippen LogP contribution in [0.15, 0.2) is 22.8 Å². The largest absolute Gasteiger partial charge is 0.292 e. The van der Waals surface area contributed by atoms with E-state index in [9.17, 15) is 4.79 Å². The smallest absolute Gasteiger partial charge is 0.181 e. The van der Waals surface area contributed by atoms with Crippen LogP contribution in [0.3, 0.4) is 0 Å². The third-order valence-electron chi connectivity index (χ3n) is 1.60. The molecule has 0 aliphatic rings. The summed E-state index contributed by atoms with van der Waals surface area (Å²) in [5.74, 6) is 0.490. The van der Waals surface area contributed by atoms with Crippen molar-refractivity contribution in [3.8, 4) is 0 Å². The number of ketones is 1. The number of hydrogen-bond acceptors (Lipinski definition) is 2. The fourth-order valence-electron chi connectivity index (χ4n) is 1.03. The topological polar surface area (TPSA) is 30.0 Å². The van der Waals surface area contributed by atoms with Crippen molar-refractivity contribution >= 4 is 21.7 Å².